The summed E-state index contributed by atoms with van der Waals surface area (Å²) in [6, 6.07) is 5.63. The minimum atomic E-state index is 0.00939. The minimum Gasteiger partial charge on any atom is -0.356 e. The van der Waals surface area contributed by atoms with Gasteiger partial charge in [-0.25, -0.2) is 0 Å². The molecule has 0 unspecified atom stereocenters. The highest BCUT2D eigenvalue weighted by atomic mass is 35.5. The third-order valence-electron chi connectivity index (χ3n) is 1.87. The highest BCUT2D eigenvalue weighted by Gasteiger charge is 1.99. The maximum absolute atomic E-state index is 10.6. The summed E-state index contributed by atoms with van der Waals surface area (Å²) in [5.74, 6) is 1.77. The van der Waals surface area contributed by atoms with Crippen molar-refractivity contribution in [3.05, 3.63) is 33.8 Å². The van der Waals surface area contributed by atoms with Crippen LogP contribution >= 0.6 is 35.0 Å². The largest absolute Gasteiger partial charge is 0.356 e. The SMILES string of the molecule is CC(=O)NCCSCc1ccc(Cl)c(Cl)c1. The van der Waals surface area contributed by atoms with Gasteiger partial charge in [-0.2, -0.15) is 11.8 Å². The first-order valence-corrected chi connectivity index (χ1v) is 6.77. The zero-order valence-electron chi connectivity index (χ0n) is 8.93. The van der Waals surface area contributed by atoms with Crippen LogP contribution in [0.3, 0.4) is 0 Å². The first-order valence-electron chi connectivity index (χ1n) is 4.85. The quantitative estimate of drug-likeness (QED) is 0.837. The molecule has 0 aliphatic rings. The summed E-state index contributed by atoms with van der Waals surface area (Å²) in [6.45, 7) is 2.21. The molecule has 0 spiro atoms. The van der Waals surface area contributed by atoms with E-state index >= 15 is 0 Å². The lowest BCUT2D eigenvalue weighted by Crippen LogP contribution is -2.22. The normalized spacial score (nSPS) is 10.2. The smallest absolute Gasteiger partial charge is 0.216 e. The molecule has 16 heavy (non-hydrogen) atoms. The fraction of sp³-hybridized carbons (Fsp3) is 0.364. The fourth-order valence-electron chi connectivity index (χ4n) is 1.12. The van der Waals surface area contributed by atoms with Crippen molar-refractivity contribution in [1.29, 1.82) is 0 Å². The van der Waals surface area contributed by atoms with Crippen molar-refractivity contribution in [1.82, 2.24) is 5.32 Å². The second-order valence-electron chi connectivity index (χ2n) is 3.28. The van der Waals surface area contributed by atoms with E-state index in [4.69, 9.17) is 23.2 Å². The summed E-state index contributed by atoms with van der Waals surface area (Å²) in [5, 5.41) is 3.91. The molecular formula is C11H13Cl2NOS. The summed E-state index contributed by atoms with van der Waals surface area (Å²) in [6.07, 6.45) is 0. The molecule has 0 fully saturated rings. The van der Waals surface area contributed by atoms with Crippen LogP contribution < -0.4 is 5.32 Å². The van der Waals surface area contributed by atoms with Gasteiger partial charge in [0.25, 0.3) is 0 Å². The standard InChI is InChI=1S/C11H13Cl2NOS/c1-8(15)14-4-5-16-7-9-2-3-10(12)11(13)6-9/h2-3,6H,4-5,7H2,1H3,(H,14,15). The third kappa shape index (κ3) is 5.10. The number of halogens is 2. The molecule has 2 nitrogen and oxygen atoms in total. The average molecular weight is 278 g/mol. The van der Waals surface area contributed by atoms with Gasteiger partial charge in [-0.3, -0.25) is 4.79 Å². The first-order chi connectivity index (χ1) is 7.59. The molecule has 0 aliphatic heterocycles. The Morgan fingerprint density at radius 3 is 2.75 bits per heavy atom. The lowest BCUT2D eigenvalue weighted by Gasteiger charge is -2.04. The van der Waals surface area contributed by atoms with E-state index in [1.807, 2.05) is 12.1 Å². The molecule has 0 saturated carbocycles. The van der Waals surface area contributed by atoms with E-state index in [2.05, 4.69) is 5.32 Å². The molecular weight excluding hydrogens is 265 g/mol. The van der Waals surface area contributed by atoms with Gasteiger partial charge in [0, 0.05) is 25.0 Å². The minimum absolute atomic E-state index is 0.00939. The molecule has 5 heteroatoms. The van der Waals surface area contributed by atoms with E-state index < -0.39 is 0 Å². The van der Waals surface area contributed by atoms with Crippen LogP contribution in [0.5, 0.6) is 0 Å². The van der Waals surface area contributed by atoms with Gasteiger partial charge in [0.2, 0.25) is 5.91 Å². The number of benzene rings is 1. The van der Waals surface area contributed by atoms with Crippen LogP contribution in [-0.2, 0) is 10.5 Å². The fourth-order valence-corrected chi connectivity index (χ4v) is 2.25. The Labute approximate surface area is 110 Å². The van der Waals surface area contributed by atoms with Crippen molar-refractivity contribution in [3.63, 3.8) is 0 Å². The lowest BCUT2D eigenvalue weighted by molar-refractivity contribution is -0.118. The molecule has 1 N–H and O–H groups in total. The third-order valence-corrected chi connectivity index (χ3v) is 3.64. The number of hydrogen-bond acceptors (Lipinski definition) is 2. The molecule has 1 aromatic rings. The highest BCUT2D eigenvalue weighted by molar-refractivity contribution is 7.98. The van der Waals surface area contributed by atoms with Crippen LogP contribution in [0, 0.1) is 0 Å². The predicted molar refractivity (Wildman–Crippen MR) is 71.3 cm³/mol. The molecule has 1 aromatic carbocycles. The van der Waals surface area contributed by atoms with Gasteiger partial charge in [-0.1, -0.05) is 29.3 Å². The van der Waals surface area contributed by atoms with Crippen molar-refractivity contribution in [2.75, 3.05) is 12.3 Å². The number of thioether (sulfide) groups is 1. The second kappa shape index (κ2) is 7.05. The van der Waals surface area contributed by atoms with E-state index in [1.54, 1.807) is 17.8 Å². The Morgan fingerprint density at radius 2 is 2.12 bits per heavy atom. The van der Waals surface area contributed by atoms with E-state index in [0.717, 1.165) is 17.1 Å². The average Bonchev–Trinajstić information content (AvgIpc) is 2.22. The molecule has 1 rings (SSSR count). The Morgan fingerprint density at radius 1 is 1.38 bits per heavy atom. The van der Waals surface area contributed by atoms with Gasteiger partial charge in [0.1, 0.15) is 0 Å². The zero-order valence-corrected chi connectivity index (χ0v) is 11.3. The number of amides is 1. The number of carbonyl (C=O) groups is 1. The van der Waals surface area contributed by atoms with Crippen LogP contribution in [0.1, 0.15) is 12.5 Å². The van der Waals surface area contributed by atoms with Gasteiger partial charge in [0.15, 0.2) is 0 Å². The van der Waals surface area contributed by atoms with Gasteiger partial charge in [0.05, 0.1) is 10.0 Å². The summed E-state index contributed by atoms with van der Waals surface area (Å²) >= 11 is 13.5. The van der Waals surface area contributed by atoms with Gasteiger partial charge < -0.3 is 5.32 Å². The number of hydrogen-bond donors (Lipinski definition) is 1. The van der Waals surface area contributed by atoms with Crippen molar-refractivity contribution in [3.8, 4) is 0 Å². The van der Waals surface area contributed by atoms with Gasteiger partial charge in [-0.15, -0.1) is 0 Å². The Hall–Kier alpha value is -0.380. The highest BCUT2D eigenvalue weighted by Crippen LogP contribution is 2.24. The van der Waals surface area contributed by atoms with Crippen molar-refractivity contribution < 1.29 is 4.79 Å². The Kier molecular flexibility index (Phi) is 6.03. The van der Waals surface area contributed by atoms with E-state index in [9.17, 15) is 4.79 Å². The summed E-state index contributed by atoms with van der Waals surface area (Å²) < 4.78 is 0. The van der Waals surface area contributed by atoms with Crippen molar-refractivity contribution in [2.24, 2.45) is 0 Å². The van der Waals surface area contributed by atoms with E-state index in [-0.39, 0.29) is 5.91 Å². The molecule has 0 aromatic heterocycles. The van der Waals surface area contributed by atoms with Crippen LogP contribution in [0.2, 0.25) is 10.0 Å². The monoisotopic (exact) mass is 277 g/mol. The maximum atomic E-state index is 10.6. The molecule has 1 amide bonds. The molecule has 88 valence electrons. The molecule has 0 atom stereocenters. The first kappa shape index (κ1) is 13.7. The topological polar surface area (TPSA) is 29.1 Å². The molecule has 0 radical (unpaired) electrons. The summed E-state index contributed by atoms with van der Waals surface area (Å²) in [5.41, 5.74) is 1.14. The number of nitrogens with one attached hydrogen (secondary N) is 1. The van der Waals surface area contributed by atoms with Crippen LogP contribution in [-0.4, -0.2) is 18.2 Å². The van der Waals surface area contributed by atoms with Crippen LogP contribution in [0.25, 0.3) is 0 Å². The number of rotatable bonds is 5. The molecule has 0 aliphatic carbocycles. The summed E-state index contributed by atoms with van der Waals surface area (Å²) in [7, 11) is 0. The van der Waals surface area contributed by atoms with Crippen LogP contribution in [0.4, 0.5) is 0 Å². The Bertz CT molecular complexity index is 371. The lowest BCUT2D eigenvalue weighted by atomic mass is 10.2. The molecule has 0 heterocycles. The van der Waals surface area contributed by atoms with E-state index in [0.29, 0.717) is 16.6 Å². The summed E-state index contributed by atoms with van der Waals surface area (Å²) in [4.78, 5) is 10.6. The zero-order chi connectivity index (χ0) is 12.0. The van der Waals surface area contributed by atoms with Crippen molar-refractivity contribution >= 4 is 40.9 Å². The Balaban J connectivity index is 2.27. The molecule has 0 saturated heterocycles. The number of carbonyl (C=O) groups excluding carboxylic acids is 1. The molecule has 0 bridgehead atoms. The van der Waals surface area contributed by atoms with Gasteiger partial charge in [-0.05, 0) is 17.7 Å². The van der Waals surface area contributed by atoms with Crippen LogP contribution in [0.15, 0.2) is 18.2 Å². The van der Waals surface area contributed by atoms with Crippen molar-refractivity contribution in [2.45, 2.75) is 12.7 Å². The predicted octanol–water partition coefficient (Wildman–Crippen LogP) is 3.36. The maximum Gasteiger partial charge on any atom is 0.216 e. The second-order valence-corrected chi connectivity index (χ2v) is 5.20. The van der Waals surface area contributed by atoms with E-state index in [1.165, 1.54) is 6.92 Å². The van der Waals surface area contributed by atoms with Gasteiger partial charge >= 0.3 is 0 Å².